The zero-order valence-corrected chi connectivity index (χ0v) is 13.8. The molecule has 1 N–H and O–H groups in total. The summed E-state index contributed by atoms with van der Waals surface area (Å²) in [5.74, 6) is -4.21. The predicted octanol–water partition coefficient (Wildman–Crippen LogP) is -1.70. The summed E-state index contributed by atoms with van der Waals surface area (Å²) < 4.78 is 0. The van der Waals surface area contributed by atoms with E-state index in [1.165, 1.54) is 4.90 Å². The van der Waals surface area contributed by atoms with Crippen molar-refractivity contribution in [2.45, 2.75) is 19.3 Å². The summed E-state index contributed by atoms with van der Waals surface area (Å²) in [4.78, 5) is 75.4. The highest BCUT2D eigenvalue weighted by atomic mass is 16.7. The Morgan fingerprint density at radius 2 is 1.62 bits per heavy atom. The van der Waals surface area contributed by atoms with Gasteiger partial charge in [-0.25, -0.2) is 4.79 Å². The number of aliphatic carboxylic acids is 1. The molecule has 2 rings (SSSR count). The summed E-state index contributed by atoms with van der Waals surface area (Å²) in [6, 6.07) is 0. The molecule has 0 aliphatic carbocycles. The smallest absolute Gasteiger partial charge is 0.334 e. The maximum Gasteiger partial charge on any atom is 0.334 e. The van der Waals surface area contributed by atoms with Crippen molar-refractivity contribution in [1.82, 2.24) is 14.9 Å². The van der Waals surface area contributed by atoms with Crippen molar-refractivity contribution < 1.29 is 38.7 Å². The maximum absolute atomic E-state index is 11.8. The summed E-state index contributed by atoms with van der Waals surface area (Å²) in [6.07, 6.45) is 1.91. The lowest BCUT2D eigenvalue weighted by Gasteiger charge is -2.23. The summed E-state index contributed by atoms with van der Waals surface area (Å²) >= 11 is 0. The number of amides is 4. The third-order valence-corrected chi connectivity index (χ3v) is 3.73. The molecule has 0 aromatic rings. The largest absolute Gasteiger partial charge is 0.480 e. The van der Waals surface area contributed by atoms with E-state index in [9.17, 15) is 28.8 Å². The van der Waals surface area contributed by atoms with Crippen LogP contribution in [-0.2, 0) is 33.6 Å². The van der Waals surface area contributed by atoms with E-state index in [0.717, 1.165) is 17.1 Å². The fourth-order valence-electron chi connectivity index (χ4n) is 2.41. The number of imide groups is 2. The molecule has 0 aromatic carbocycles. The molecule has 0 unspecified atom stereocenters. The molecule has 0 atom stereocenters. The molecule has 2 heterocycles. The van der Waals surface area contributed by atoms with E-state index >= 15 is 0 Å². The number of hydrogen-bond acceptors (Lipinski definition) is 8. The fourth-order valence-corrected chi connectivity index (χ4v) is 2.41. The molecule has 0 bridgehead atoms. The van der Waals surface area contributed by atoms with Crippen LogP contribution in [0.2, 0.25) is 0 Å². The molecular weight excluding hydrogens is 350 g/mol. The molecule has 26 heavy (non-hydrogen) atoms. The van der Waals surface area contributed by atoms with Gasteiger partial charge in [-0.05, 0) is 0 Å². The van der Waals surface area contributed by atoms with Crippen molar-refractivity contribution in [1.29, 1.82) is 0 Å². The van der Waals surface area contributed by atoms with Crippen LogP contribution in [0.15, 0.2) is 12.2 Å². The van der Waals surface area contributed by atoms with Gasteiger partial charge in [0.25, 0.3) is 23.6 Å². The number of carboxylic acid groups (broad SMARTS) is 1. The summed E-state index contributed by atoms with van der Waals surface area (Å²) in [6.45, 7) is -0.458. The number of rotatable bonds is 9. The Hall–Kier alpha value is -3.08. The first-order chi connectivity index (χ1) is 12.3. The van der Waals surface area contributed by atoms with Crippen LogP contribution in [0, 0.1) is 0 Å². The van der Waals surface area contributed by atoms with Gasteiger partial charge in [-0.1, -0.05) is 0 Å². The zero-order chi connectivity index (χ0) is 19.3. The van der Waals surface area contributed by atoms with E-state index in [1.54, 1.807) is 0 Å². The first-order valence-electron chi connectivity index (χ1n) is 7.82. The average molecular weight is 367 g/mol. The highest BCUT2D eigenvalue weighted by molar-refractivity contribution is 6.12. The van der Waals surface area contributed by atoms with Crippen LogP contribution < -0.4 is 0 Å². The third-order valence-electron chi connectivity index (χ3n) is 3.73. The summed E-state index contributed by atoms with van der Waals surface area (Å²) in [5, 5.41) is 9.34. The Bertz CT molecular complexity index is 652. The van der Waals surface area contributed by atoms with Gasteiger partial charge in [0.05, 0.1) is 13.0 Å². The van der Waals surface area contributed by atoms with Gasteiger partial charge in [-0.15, -0.1) is 5.06 Å². The number of hydrogen-bond donors (Lipinski definition) is 1. The lowest BCUT2D eigenvalue weighted by Crippen LogP contribution is -2.41. The standard InChI is InChI=1S/C15H17N3O8/c19-10-1-2-11(20)17(10)8-7-16(9-14(23)24)6-5-15(25)26-18-12(21)3-4-13(18)22/h1-2H,3-9H2,(H,23,24). The molecule has 4 amide bonds. The van der Waals surface area contributed by atoms with Gasteiger partial charge in [0.2, 0.25) is 0 Å². The van der Waals surface area contributed by atoms with Gasteiger partial charge in [0.15, 0.2) is 0 Å². The van der Waals surface area contributed by atoms with Gasteiger partial charge >= 0.3 is 11.9 Å². The molecule has 1 fully saturated rings. The van der Waals surface area contributed by atoms with Crippen LogP contribution in [0.5, 0.6) is 0 Å². The third kappa shape index (κ3) is 4.96. The molecule has 0 aromatic heterocycles. The van der Waals surface area contributed by atoms with E-state index in [1.807, 2.05) is 0 Å². The Balaban J connectivity index is 1.83. The Kier molecular flexibility index (Phi) is 6.17. The first kappa shape index (κ1) is 19.2. The van der Waals surface area contributed by atoms with Crippen molar-refractivity contribution in [3.8, 4) is 0 Å². The number of carboxylic acids is 1. The molecule has 11 heteroatoms. The average Bonchev–Trinajstić information content (AvgIpc) is 3.06. The van der Waals surface area contributed by atoms with Crippen molar-refractivity contribution in [3.05, 3.63) is 12.2 Å². The SMILES string of the molecule is O=C(O)CN(CCC(=O)ON1C(=O)CCC1=O)CCN1C(=O)C=CC1=O. The van der Waals surface area contributed by atoms with Crippen LogP contribution in [0.3, 0.4) is 0 Å². The lowest BCUT2D eigenvalue weighted by molar-refractivity contribution is -0.197. The van der Waals surface area contributed by atoms with Crippen LogP contribution in [0.25, 0.3) is 0 Å². The first-order valence-corrected chi connectivity index (χ1v) is 7.82. The Labute approximate surface area is 147 Å². The maximum atomic E-state index is 11.8. The molecule has 140 valence electrons. The van der Waals surface area contributed by atoms with Crippen molar-refractivity contribution >= 4 is 35.6 Å². The molecule has 2 aliphatic rings. The minimum Gasteiger partial charge on any atom is -0.480 e. The van der Waals surface area contributed by atoms with Gasteiger partial charge in [0.1, 0.15) is 0 Å². The molecule has 0 radical (unpaired) electrons. The monoisotopic (exact) mass is 367 g/mol. The highest BCUT2D eigenvalue weighted by Crippen LogP contribution is 2.12. The number of carbonyl (C=O) groups excluding carboxylic acids is 5. The Morgan fingerprint density at radius 3 is 2.15 bits per heavy atom. The van der Waals surface area contributed by atoms with Gasteiger partial charge < -0.3 is 9.94 Å². The van der Waals surface area contributed by atoms with Crippen LogP contribution >= 0.6 is 0 Å². The second kappa shape index (κ2) is 8.34. The predicted molar refractivity (Wildman–Crippen MR) is 81.7 cm³/mol. The molecule has 0 spiro atoms. The normalized spacial score (nSPS) is 17.0. The summed E-state index contributed by atoms with van der Waals surface area (Å²) in [7, 11) is 0. The lowest BCUT2D eigenvalue weighted by atomic mass is 10.3. The van der Waals surface area contributed by atoms with Crippen molar-refractivity contribution in [3.63, 3.8) is 0 Å². The molecule has 0 saturated carbocycles. The summed E-state index contributed by atoms with van der Waals surface area (Å²) in [5.41, 5.74) is 0. The second-order valence-corrected chi connectivity index (χ2v) is 5.63. The number of nitrogens with zero attached hydrogens (tertiary/aromatic N) is 3. The molecule has 2 aliphatic heterocycles. The van der Waals surface area contributed by atoms with Crippen LogP contribution in [-0.4, -0.2) is 81.7 Å². The number of carbonyl (C=O) groups is 6. The van der Waals surface area contributed by atoms with Gasteiger partial charge in [-0.2, -0.15) is 0 Å². The highest BCUT2D eigenvalue weighted by Gasteiger charge is 2.33. The van der Waals surface area contributed by atoms with E-state index < -0.39 is 42.1 Å². The van der Waals surface area contributed by atoms with E-state index in [4.69, 9.17) is 9.94 Å². The quantitative estimate of drug-likeness (QED) is 0.472. The van der Waals surface area contributed by atoms with E-state index in [2.05, 4.69) is 0 Å². The van der Waals surface area contributed by atoms with Gasteiger partial charge in [0, 0.05) is 44.6 Å². The second-order valence-electron chi connectivity index (χ2n) is 5.63. The topological polar surface area (TPSA) is 142 Å². The van der Waals surface area contributed by atoms with Crippen molar-refractivity contribution in [2.75, 3.05) is 26.2 Å². The van der Waals surface area contributed by atoms with Crippen LogP contribution in [0.1, 0.15) is 19.3 Å². The number of hydroxylamine groups is 2. The van der Waals surface area contributed by atoms with Gasteiger partial charge in [-0.3, -0.25) is 33.8 Å². The van der Waals surface area contributed by atoms with Crippen molar-refractivity contribution in [2.24, 2.45) is 0 Å². The Morgan fingerprint density at radius 1 is 1.04 bits per heavy atom. The fraction of sp³-hybridized carbons (Fsp3) is 0.467. The molecule has 1 saturated heterocycles. The molecule has 11 nitrogen and oxygen atoms in total. The van der Waals surface area contributed by atoms with Crippen LogP contribution in [0.4, 0.5) is 0 Å². The minimum atomic E-state index is -1.15. The van der Waals surface area contributed by atoms with E-state index in [0.29, 0.717) is 5.06 Å². The van der Waals surface area contributed by atoms with E-state index in [-0.39, 0.29) is 38.9 Å². The zero-order valence-electron chi connectivity index (χ0n) is 13.8. The minimum absolute atomic E-state index is 0.0246. The molecular formula is C15H17N3O8.